The van der Waals surface area contributed by atoms with Crippen LogP contribution in [0.2, 0.25) is 0 Å². The lowest BCUT2D eigenvalue weighted by Crippen LogP contribution is -2.46. The highest BCUT2D eigenvalue weighted by molar-refractivity contribution is 4.93. The molecule has 13 heavy (non-hydrogen) atoms. The number of nitrogens with one attached hydrogen (secondary N) is 1. The van der Waals surface area contributed by atoms with E-state index < -0.39 is 0 Å². The third-order valence-electron chi connectivity index (χ3n) is 2.71. The Morgan fingerprint density at radius 2 is 2.23 bits per heavy atom. The molecule has 74 valence electrons. The molecular formula is C10H18N2O. The van der Waals surface area contributed by atoms with Crippen LogP contribution in [0.4, 0.5) is 0 Å². The first-order valence-corrected chi connectivity index (χ1v) is 5.11. The van der Waals surface area contributed by atoms with Crippen LogP contribution < -0.4 is 5.32 Å². The van der Waals surface area contributed by atoms with Crippen molar-refractivity contribution in [1.29, 1.82) is 5.26 Å². The SMILES string of the molecule is CCC(C#N)NC1CCCCC1O. The number of rotatable bonds is 3. The molecule has 0 bridgehead atoms. The standard InChI is InChI=1S/C10H18N2O/c1-2-8(7-11)12-9-5-3-4-6-10(9)13/h8-10,12-13H,2-6H2,1H3. The van der Waals surface area contributed by atoms with Gasteiger partial charge in [0.2, 0.25) is 0 Å². The van der Waals surface area contributed by atoms with Gasteiger partial charge in [0, 0.05) is 6.04 Å². The lowest BCUT2D eigenvalue weighted by Gasteiger charge is -2.29. The van der Waals surface area contributed by atoms with Crippen molar-refractivity contribution in [2.24, 2.45) is 0 Å². The highest BCUT2D eigenvalue weighted by Crippen LogP contribution is 2.18. The molecule has 3 heteroatoms. The first-order valence-electron chi connectivity index (χ1n) is 5.11. The maximum absolute atomic E-state index is 9.64. The molecule has 0 aromatic rings. The Bertz CT molecular complexity index is 188. The molecule has 1 saturated carbocycles. The molecule has 3 nitrogen and oxygen atoms in total. The monoisotopic (exact) mass is 182 g/mol. The summed E-state index contributed by atoms with van der Waals surface area (Å²) < 4.78 is 0. The van der Waals surface area contributed by atoms with Gasteiger partial charge in [-0.15, -0.1) is 0 Å². The molecule has 0 aromatic heterocycles. The molecular weight excluding hydrogens is 164 g/mol. The van der Waals surface area contributed by atoms with E-state index in [2.05, 4.69) is 11.4 Å². The van der Waals surface area contributed by atoms with Gasteiger partial charge in [0.05, 0.1) is 18.2 Å². The largest absolute Gasteiger partial charge is 0.392 e. The van der Waals surface area contributed by atoms with E-state index in [1.165, 1.54) is 0 Å². The number of aliphatic hydroxyl groups is 1. The van der Waals surface area contributed by atoms with E-state index in [9.17, 15) is 5.11 Å². The number of nitrogens with zero attached hydrogens (tertiary/aromatic N) is 1. The summed E-state index contributed by atoms with van der Waals surface area (Å²) in [6, 6.07) is 2.24. The molecule has 3 unspecified atom stereocenters. The van der Waals surface area contributed by atoms with Crippen LogP contribution in [0.5, 0.6) is 0 Å². The van der Waals surface area contributed by atoms with Crippen LogP contribution in [0.1, 0.15) is 39.0 Å². The van der Waals surface area contributed by atoms with Crippen LogP contribution in [0.25, 0.3) is 0 Å². The van der Waals surface area contributed by atoms with Crippen molar-refractivity contribution in [3.05, 3.63) is 0 Å². The first-order chi connectivity index (χ1) is 6.27. The van der Waals surface area contributed by atoms with Crippen molar-refractivity contribution in [2.45, 2.75) is 57.2 Å². The molecule has 0 amide bonds. The molecule has 1 aliphatic rings. The van der Waals surface area contributed by atoms with Crippen LogP contribution in [-0.2, 0) is 0 Å². The summed E-state index contributed by atoms with van der Waals surface area (Å²) in [5.41, 5.74) is 0. The van der Waals surface area contributed by atoms with Crippen LogP contribution in [-0.4, -0.2) is 23.3 Å². The second-order valence-electron chi connectivity index (χ2n) is 3.71. The van der Waals surface area contributed by atoms with Crippen LogP contribution in [0, 0.1) is 11.3 Å². The predicted octanol–water partition coefficient (Wildman–Crippen LogP) is 1.18. The second-order valence-corrected chi connectivity index (χ2v) is 3.71. The molecule has 1 rings (SSSR count). The summed E-state index contributed by atoms with van der Waals surface area (Å²) in [4.78, 5) is 0. The third-order valence-corrected chi connectivity index (χ3v) is 2.71. The lowest BCUT2D eigenvalue weighted by atomic mass is 9.92. The average molecular weight is 182 g/mol. The van der Waals surface area contributed by atoms with E-state index in [4.69, 9.17) is 5.26 Å². The molecule has 1 aliphatic carbocycles. The van der Waals surface area contributed by atoms with Gasteiger partial charge in [0.15, 0.2) is 0 Å². The predicted molar refractivity (Wildman–Crippen MR) is 51.1 cm³/mol. The number of hydrogen-bond donors (Lipinski definition) is 2. The van der Waals surface area contributed by atoms with Gasteiger partial charge in [0.25, 0.3) is 0 Å². The van der Waals surface area contributed by atoms with Crippen LogP contribution >= 0.6 is 0 Å². The van der Waals surface area contributed by atoms with Gasteiger partial charge in [-0.05, 0) is 19.3 Å². The zero-order valence-corrected chi connectivity index (χ0v) is 8.16. The van der Waals surface area contributed by atoms with Crippen LogP contribution in [0.3, 0.4) is 0 Å². The van der Waals surface area contributed by atoms with Crippen molar-refractivity contribution in [3.8, 4) is 6.07 Å². The summed E-state index contributed by atoms with van der Waals surface area (Å²) in [5.74, 6) is 0. The van der Waals surface area contributed by atoms with Gasteiger partial charge in [-0.3, -0.25) is 5.32 Å². The molecule has 0 aromatic carbocycles. The Hall–Kier alpha value is -0.590. The third kappa shape index (κ3) is 2.98. The molecule has 0 radical (unpaired) electrons. The van der Waals surface area contributed by atoms with E-state index >= 15 is 0 Å². The maximum Gasteiger partial charge on any atom is 0.0953 e. The zero-order chi connectivity index (χ0) is 9.68. The normalized spacial score (nSPS) is 30.8. The van der Waals surface area contributed by atoms with E-state index in [0.29, 0.717) is 0 Å². The van der Waals surface area contributed by atoms with Gasteiger partial charge >= 0.3 is 0 Å². The number of nitriles is 1. The molecule has 1 fully saturated rings. The lowest BCUT2D eigenvalue weighted by molar-refractivity contribution is 0.0878. The minimum Gasteiger partial charge on any atom is -0.392 e. The fourth-order valence-corrected chi connectivity index (χ4v) is 1.81. The smallest absolute Gasteiger partial charge is 0.0953 e. The van der Waals surface area contributed by atoms with Crippen LogP contribution in [0.15, 0.2) is 0 Å². The molecule has 0 spiro atoms. The Morgan fingerprint density at radius 1 is 1.54 bits per heavy atom. The van der Waals surface area contributed by atoms with E-state index in [-0.39, 0.29) is 18.2 Å². The van der Waals surface area contributed by atoms with Crippen molar-refractivity contribution in [3.63, 3.8) is 0 Å². The Labute approximate surface area is 79.8 Å². The molecule has 0 heterocycles. The number of hydrogen-bond acceptors (Lipinski definition) is 3. The van der Waals surface area contributed by atoms with E-state index in [1.807, 2.05) is 6.92 Å². The maximum atomic E-state index is 9.64. The minimum atomic E-state index is -0.254. The molecule has 0 saturated heterocycles. The highest BCUT2D eigenvalue weighted by Gasteiger charge is 2.24. The van der Waals surface area contributed by atoms with E-state index in [1.54, 1.807) is 0 Å². The first kappa shape index (κ1) is 10.5. The van der Waals surface area contributed by atoms with Gasteiger partial charge in [-0.2, -0.15) is 5.26 Å². The van der Waals surface area contributed by atoms with Crippen molar-refractivity contribution in [1.82, 2.24) is 5.32 Å². The van der Waals surface area contributed by atoms with Crippen molar-refractivity contribution in [2.75, 3.05) is 0 Å². The molecule has 0 aliphatic heterocycles. The Balaban J connectivity index is 2.37. The van der Waals surface area contributed by atoms with Gasteiger partial charge in [0.1, 0.15) is 0 Å². The summed E-state index contributed by atoms with van der Waals surface area (Å²) in [7, 11) is 0. The summed E-state index contributed by atoms with van der Waals surface area (Å²) in [6.45, 7) is 1.98. The van der Waals surface area contributed by atoms with Gasteiger partial charge in [-0.25, -0.2) is 0 Å². The Morgan fingerprint density at radius 3 is 2.77 bits per heavy atom. The highest BCUT2D eigenvalue weighted by atomic mass is 16.3. The minimum absolute atomic E-state index is 0.0993. The second kappa shape index (κ2) is 5.21. The van der Waals surface area contributed by atoms with E-state index in [0.717, 1.165) is 32.1 Å². The number of aliphatic hydroxyl groups excluding tert-OH is 1. The fraction of sp³-hybridized carbons (Fsp3) is 0.900. The zero-order valence-electron chi connectivity index (χ0n) is 8.16. The summed E-state index contributed by atoms with van der Waals surface area (Å²) in [6.07, 6.45) is 4.70. The molecule has 2 N–H and O–H groups in total. The summed E-state index contributed by atoms with van der Waals surface area (Å²) in [5, 5.41) is 21.6. The van der Waals surface area contributed by atoms with Crippen molar-refractivity contribution >= 4 is 0 Å². The summed E-state index contributed by atoms with van der Waals surface area (Å²) >= 11 is 0. The van der Waals surface area contributed by atoms with Gasteiger partial charge in [-0.1, -0.05) is 19.8 Å². The average Bonchev–Trinajstić information content (AvgIpc) is 2.17. The Kier molecular flexibility index (Phi) is 4.20. The quantitative estimate of drug-likeness (QED) is 0.689. The fourth-order valence-electron chi connectivity index (χ4n) is 1.81. The van der Waals surface area contributed by atoms with Gasteiger partial charge < -0.3 is 5.11 Å². The topological polar surface area (TPSA) is 56.0 Å². The van der Waals surface area contributed by atoms with Crippen molar-refractivity contribution < 1.29 is 5.11 Å². The molecule has 3 atom stereocenters.